The summed E-state index contributed by atoms with van der Waals surface area (Å²) in [6, 6.07) is 14.3. The predicted octanol–water partition coefficient (Wildman–Crippen LogP) is 1.03. The molecule has 28 heavy (non-hydrogen) atoms. The highest BCUT2D eigenvalue weighted by Crippen LogP contribution is 2.28. The molecule has 3 aromatic rings. The smallest absolute Gasteiger partial charge is 0.278 e. The number of hydrogen-bond donors (Lipinski definition) is 1. The van der Waals surface area contributed by atoms with E-state index < -0.39 is 0 Å². The Hall–Kier alpha value is -2.51. The zero-order chi connectivity index (χ0) is 19.5. The summed E-state index contributed by atoms with van der Waals surface area (Å²) in [5.74, 6) is 1.33. The first-order valence-electron chi connectivity index (χ1n) is 9.78. The lowest BCUT2D eigenvalue weighted by Crippen LogP contribution is -3.15. The molecule has 0 saturated carbocycles. The molecule has 4 rings (SSSR count). The summed E-state index contributed by atoms with van der Waals surface area (Å²) in [6.07, 6.45) is 1.95. The van der Waals surface area contributed by atoms with Crippen LogP contribution in [-0.2, 0) is 4.79 Å². The molecular weight excluding hydrogens is 370 g/mol. The quantitative estimate of drug-likeness (QED) is 0.700. The van der Waals surface area contributed by atoms with Crippen molar-refractivity contribution < 1.29 is 14.7 Å². The Balaban J connectivity index is 1.33. The van der Waals surface area contributed by atoms with Gasteiger partial charge in [0.1, 0.15) is 31.2 Å². The maximum atomic E-state index is 12.9. The minimum Gasteiger partial charge on any atom is -0.332 e. The number of nitrogens with zero attached hydrogens (tertiary/aromatic N) is 3. The van der Waals surface area contributed by atoms with Crippen LogP contribution in [0.5, 0.6) is 0 Å². The maximum absolute atomic E-state index is 12.9. The van der Waals surface area contributed by atoms with Crippen molar-refractivity contribution in [3.63, 3.8) is 0 Å². The van der Waals surface area contributed by atoms with Crippen molar-refractivity contribution in [1.29, 1.82) is 0 Å². The molecule has 1 aliphatic heterocycles. The van der Waals surface area contributed by atoms with Crippen molar-refractivity contribution in [2.75, 3.05) is 44.7 Å². The lowest BCUT2D eigenvalue weighted by Gasteiger charge is -2.30. The van der Waals surface area contributed by atoms with Gasteiger partial charge in [-0.3, -0.25) is 9.69 Å². The molecule has 0 unspecified atom stereocenters. The fourth-order valence-electron chi connectivity index (χ4n) is 3.61. The molecule has 0 bridgehead atoms. The molecule has 1 atom stereocenters. The number of carbonyl (C=O) groups is 1. The molecule has 2 N–H and O–H groups in total. The van der Waals surface area contributed by atoms with E-state index in [2.05, 4.69) is 28.9 Å². The van der Waals surface area contributed by atoms with Gasteiger partial charge in [0.05, 0.1) is 22.5 Å². The van der Waals surface area contributed by atoms with Gasteiger partial charge in [0.2, 0.25) is 0 Å². The number of nitrogens with one attached hydrogen (secondary N) is 2. The number of aromatic amines is 1. The Morgan fingerprint density at radius 1 is 1.25 bits per heavy atom. The van der Waals surface area contributed by atoms with Crippen LogP contribution >= 0.6 is 11.3 Å². The lowest BCUT2D eigenvalue weighted by atomic mass is 10.2. The highest BCUT2D eigenvalue weighted by molar-refractivity contribution is 7.18. The summed E-state index contributed by atoms with van der Waals surface area (Å²) >= 11 is 1.67. The molecule has 1 amide bonds. The number of hydrogen-bond acceptors (Lipinski definition) is 4. The van der Waals surface area contributed by atoms with Crippen LogP contribution in [0.25, 0.3) is 10.2 Å². The molecule has 1 saturated heterocycles. The molecule has 1 aromatic carbocycles. The van der Waals surface area contributed by atoms with Crippen LogP contribution in [0.2, 0.25) is 0 Å². The Morgan fingerprint density at radius 2 is 2.00 bits per heavy atom. The zero-order valence-corrected chi connectivity index (χ0v) is 17.2. The first kappa shape index (κ1) is 18.8. The summed E-state index contributed by atoms with van der Waals surface area (Å²) in [4.78, 5) is 26.4. The normalized spacial score (nSPS) is 16.3. The van der Waals surface area contributed by atoms with Crippen LogP contribution in [0, 0.1) is 0 Å². The molecule has 6 nitrogen and oxygen atoms in total. The number of anilines is 1. The second-order valence-electron chi connectivity index (χ2n) is 7.36. The molecule has 146 valence electrons. The summed E-state index contributed by atoms with van der Waals surface area (Å²) in [5.41, 5.74) is 1.01. The van der Waals surface area contributed by atoms with Crippen LogP contribution in [0.3, 0.4) is 0 Å². The molecule has 2 aromatic heterocycles. The molecule has 1 aliphatic rings. The minimum atomic E-state index is -0.00972. The molecule has 0 aliphatic carbocycles. The number of likely N-dealkylation sites (N-methyl/N-ethyl adjacent to an activating group) is 1. The number of piperazine rings is 1. The number of thiazole rings is 1. The van der Waals surface area contributed by atoms with Gasteiger partial charge in [-0.05, 0) is 25.1 Å². The number of carbonyl (C=O) groups excluding carboxylic acids is 1. The molecule has 0 radical (unpaired) electrons. The number of H-pyrrole nitrogens is 1. The third-order valence-corrected chi connectivity index (χ3v) is 6.75. The number of aromatic nitrogens is 2. The molecular formula is C21H27N5OS+2. The van der Waals surface area contributed by atoms with Crippen molar-refractivity contribution in [2.45, 2.75) is 13.0 Å². The highest BCUT2D eigenvalue weighted by Gasteiger charge is 2.29. The average Bonchev–Trinajstić information content (AvgIpc) is 3.18. The Kier molecular flexibility index (Phi) is 5.54. The summed E-state index contributed by atoms with van der Waals surface area (Å²) < 4.78 is 1.17. The SMILES string of the molecule is C[C@H](c1nc2ccccc2s1)N(C)C(=O)C[NH+]1CCN(c2cccc[nH+]2)CC1. The molecule has 1 fully saturated rings. The van der Waals surface area contributed by atoms with E-state index in [1.54, 1.807) is 11.3 Å². The molecule has 0 spiro atoms. The van der Waals surface area contributed by atoms with Gasteiger partial charge in [0.15, 0.2) is 6.54 Å². The number of para-hydroxylation sites is 1. The predicted molar refractivity (Wildman–Crippen MR) is 112 cm³/mol. The van der Waals surface area contributed by atoms with E-state index in [1.165, 1.54) is 9.60 Å². The molecule has 3 heterocycles. The van der Waals surface area contributed by atoms with Crippen LogP contribution in [0.4, 0.5) is 5.82 Å². The second-order valence-corrected chi connectivity index (χ2v) is 8.42. The van der Waals surface area contributed by atoms with E-state index in [-0.39, 0.29) is 11.9 Å². The van der Waals surface area contributed by atoms with Gasteiger partial charge < -0.3 is 9.80 Å². The number of rotatable bonds is 5. The molecule has 7 heteroatoms. The number of fused-ring (bicyclic) bond motifs is 1. The van der Waals surface area contributed by atoms with Crippen molar-refractivity contribution in [3.05, 3.63) is 53.7 Å². The van der Waals surface area contributed by atoms with Gasteiger partial charge in [-0.2, -0.15) is 0 Å². The lowest BCUT2D eigenvalue weighted by molar-refractivity contribution is -0.892. The number of pyridine rings is 1. The largest absolute Gasteiger partial charge is 0.332 e. The number of amides is 1. The minimum absolute atomic E-state index is 0.00972. The summed E-state index contributed by atoms with van der Waals surface area (Å²) in [7, 11) is 1.90. The fraction of sp³-hybridized carbons (Fsp3) is 0.381. The van der Waals surface area contributed by atoms with E-state index in [0.717, 1.165) is 42.5 Å². The topological polar surface area (TPSA) is 55.0 Å². The Labute approximate surface area is 169 Å². The van der Waals surface area contributed by atoms with E-state index in [0.29, 0.717) is 6.54 Å². The van der Waals surface area contributed by atoms with E-state index in [4.69, 9.17) is 4.98 Å². The van der Waals surface area contributed by atoms with Gasteiger partial charge in [0.25, 0.3) is 11.7 Å². The van der Waals surface area contributed by atoms with Crippen molar-refractivity contribution in [3.8, 4) is 0 Å². The first-order valence-corrected chi connectivity index (χ1v) is 10.6. The fourth-order valence-corrected chi connectivity index (χ4v) is 4.67. The van der Waals surface area contributed by atoms with Gasteiger partial charge in [-0.25, -0.2) is 9.97 Å². The number of benzene rings is 1. The maximum Gasteiger partial charge on any atom is 0.278 e. The third-order valence-electron chi connectivity index (χ3n) is 5.55. The van der Waals surface area contributed by atoms with Crippen LogP contribution in [0.15, 0.2) is 48.7 Å². The first-order chi connectivity index (χ1) is 13.6. The van der Waals surface area contributed by atoms with Gasteiger partial charge in [-0.1, -0.05) is 18.2 Å². The van der Waals surface area contributed by atoms with E-state index in [9.17, 15) is 4.79 Å². The average molecular weight is 398 g/mol. The van der Waals surface area contributed by atoms with Crippen LogP contribution in [-0.4, -0.2) is 55.6 Å². The Morgan fingerprint density at radius 3 is 2.71 bits per heavy atom. The van der Waals surface area contributed by atoms with Gasteiger partial charge in [0, 0.05) is 13.1 Å². The highest BCUT2D eigenvalue weighted by atomic mass is 32.1. The van der Waals surface area contributed by atoms with Crippen LogP contribution < -0.4 is 14.8 Å². The van der Waals surface area contributed by atoms with Crippen molar-refractivity contribution in [2.24, 2.45) is 0 Å². The zero-order valence-electron chi connectivity index (χ0n) is 16.4. The summed E-state index contributed by atoms with van der Waals surface area (Å²) in [6.45, 7) is 6.46. The van der Waals surface area contributed by atoms with Crippen molar-refractivity contribution in [1.82, 2.24) is 9.88 Å². The summed E-state index contributed by atoms with van der Waals surface area (Å²) in [5, 5.41) is 0.997. The van der Waals surface area contributed by atoms with Crippen molar-refractivity contribution >= 4 is 33.3 Å². The van der Waals surface area contributed by atoms with E-state index in [1.807, 2.05) is 48.5 Å². The van der Waals surface area contributed by atoms with Gasteiger partial charge >= 0.3 is 0 Å². The second kappa shape index (κ2) is 8.24. The standard InChI is InChI=1S/C21H25N5OS/c1-16(21-23-17-7-3-4-8-18(17)28-21)24(2)20(27)15-25-11-13-26(14-12-25)19-9-5-6-10-22-19/h3-10,16H,11-15H2,1-2H3/p+2/t16-/m1/s1. The third kappa shape index (κ3) is 4.00. The Bertz CT molecular complexity index is 903. The van der Waals surface area contributed by atoms with Gasteiger partial charge in [-0.15, -0.1) is 11.3 Å². The number of quaternary nitrogens is 1. The monoisotopic (exact) mass is 397 g/mol. The van der Waals surface area contributed by atoms with Crippen LogP contribution in [0.1, 0.15) is 18.0 Å². The van der Waals surface area contributed by atoms with E-state index >= 15 is 0 Å².